The molecule has 0 spiro atoms. The summed E-state index contributed by atoms with van der Waals surface area (Å²) in [4.78, 5) is 16.1. The van der Waals surface area contributed by atoms with Crippen molar-refractivity contribution >= 4 is 26.8 Å². The number of sulfonamides is 1. The summed E-state index contributed by atoms with van der Waals surface area (Å²) in [7, 11) is -2.19. The third-order valence-electron chi connectivity index (χ3n) is 5.52. The van der Waals surface area contributed by atoms with Crippen LogP contribution in [0.5, 0.6) is 0 Å². The van der Waals surface area contributed by atoms with Gasteiger partial charge in [-0.05, 0) is 72.6 Å². The molecule has 1 heterocycles. The van der Waals surface area contributed by atoms with Gasteiger partial charge < -0.3 is 10.3 Å². The summed E-state index contributed by atoms with van der Waals surface area (Å²) < 4.78 is 39.6. The van der Waals surface area contributed by atoms with Gasteiger partial charge in [0.15, 0.2) is 0 Å². The predicted octanol–water partition coefficient (Wildman–Crippen LogP) is 4.13. The molecule has 0 atom stereocenters. The molecular formula is C25H24FN3O3S. The van der Waals surface area contributed by atoms with Gasteiger partial charge in [-0.15, -0.1) is 0 Å². The summed E-state index contributed by atoms with van der Waals surface area (Å²) in [5, 5.41) is 3.88. The second-order valence-electron chi connectivity index (χ2n) is 7.66. The third kappa shape index (κ3) is 5.13. The monoisotopic (exact) mass is 465 g/mol. The first-order chi connectivity index (χ1) is 15.9. The van der Waals surface area contributed by atoms with Gasteiger partial charge in [0.2, 0.25) is 15.9 Å². The van der Waals surface area contributed by atoms with Gasteiger partial charge in [0.1, 0.15) is 5.82 Å². The number of amides is 1. The molecule has 8 heteroatoms. The van der Waals surface area contributed by atoms with Gasteiger partial charge in [0, 0.05) is 29.6 Å². The van der Waals surface area contributed by atoms with E-state index in [2.05, 4.69) is 15.0 Å². The van der Waals surface area contributed by atoms with Gasteiger partial charge in [0.25, 0.3) is 0 Å². The van der Waals surface area contributed by atoms with Crippen LogP contribution in [-0.2, 0) is 27.8 Å². The highest BCUT2D eigenvalue weighted by molar-refractivity contribution is 7.89. The van der Waals surface area contributed by atoms with Crippen molar-refractivity contribution in [3.05, 3.63) is 89.7 Å². The lowest BCUT2D eigenvalue weighted by Crippen LogP contribution is -2.23. The zero-order valence-corrected chi connectivity index (χ0v) is 18.9. The van der Waals surface area contributed by atoms with Gasteiger partial charge in [-0.3, -0.25) is 4.79 Å². The molecule has 0 aliphatic rings. The Balaban J connectivity index is 1.48. The number of fused-ring (bicyclic) bond motifs is 1. The summed E-state index contributed by atoms with van der Waals surface area (Å²) in [6.45, 7) is 0.227. The van der Waals surface area contributed by atoms with E-state index in [1.54, 1.807) is 30.3 Å². The molecule has 0 unspecified atom stereocenters. The number of para-hydroxylation sites is 1. The van der Waals surface area contributed by atoms with Crippen LogP contribution >= 0.6 is 0 Å². The Bertz CT molecular complexity index is 1400. The van der Waals surface area contributed by atoms with Crippen molar-refractivity contribution in [3.63, 3.8) is 0 Å². The topological polar surface area (TPSA) is 91.1 Å². The summed E-state index contributed by atoms with van der Waals surface area (Å²) in [6.07, 6.45) is 0.751. The third-order valence-corrected chi connectivity index (χ3v) is 6.93. The number of aromatic amines is 1. The lowest BCUT2D eigenvalue weighted by molar-refractivity contribution is -0.121. The minimum Gasteiger partial charge on any atom is -0.354 e. The minimum absolute atomic E-state index is 0.146. The first kappa shape index (κ1) is 22.7. The van der Waals surface area contributed by atoms with Gasteiger partial charge in [-0.1, -0.05) is 30.3 Å². The van der Waals surface area contributed by atoms with Crippen LogP contribution in [0.2, 0.25) is 0 Å². The van der Waals surface area contributed by atoms with E-state index in [0.29, 0.717) is 12.0 Å². The molecule has 0 fully saturated rings. The number of H-pyrrole nitrogens is 1. The van der Waals surface area contributed by atoms with E-state index >= 15 is 0 Å². The van der Waals surface area contributed by atoms with Crippen molar-refractivity contribution in [1.82, 2.24) is 15.0 Å². The average Bonchev–Trinajstić information content (AvgIpc) is 3.20. The number of rotatable bonds is 8. The van der Waals surface area contributed by atoms with Crippen LogP contribution in [-0.4, -0.2) is 26.4 Å². The molecule has 33 heavy (non-hydrogen) atoms. The fraction of sp³-hybridized carbons (Fsp3) is 0.160. The van der Waals surface area contributed by atoms with Gasteiger partial charge in [0.05, 0.1) is 4.90 Å². The Morgan fingerprint density at radius 3 is 2.52 bits per heavy atom. The molecule has 1 aromatic heterocycles. The van der Waals surface area contributed by atoms with Crippen molar-refractivity contribution < 1.29 is 17.6 Å². The van der Waals surface area contributed by atoms with Crippen LogP contribution < -0.4 is 10.0 Å². The molecule has 4 aromatic rings. The fourth-order valence-corrected chi connectivity index (χ4v) is 4.59. The SMILES string of the molecule is CNS(=O)(=O)c1cccc(CNC(=O)CCc2c(-c3ccc(F)cc3)[nH]c3ccccc23)c1. The number of halogens is 1. The van der Waals surface area contributed by atoms with Crippen molar-refractivity contribution in [1.29, 1.82) is 0 Å². The number of aryl methyl sites for hydroxylation is 1. The number of hydrogen-bond donors (Lipinski definition) is 3. The summed E-state index contributed by atoms with van der Waals surface area (Å²) >= 11 is 0. The van der Waals surface area contributed by atoms with Crippen LogP contribution in [0, 0.1) is 5.82 Å². The molecule has 0 aliphatic heterocycles. The van der Waals surface area contributed by atoms with Crippen LogP contribution in [0.25, 0.3) is 22.2 Å². The maximum atomic E-state index is 13.4. The lowest BCUT2D eigenvalue weighted by Gasteiger charge is -2.09. The van der Waals surface area contributed by atoms with Crippen LogP contribution in [0.15, 0.2) is 77.7 Å². The largest absolute Gasteiger partial charge is 0.354 e. The molecule has 1 amide bonds. The Hall–Kier alpha value is -3.49. The maximum Gasteiger partial charge on any atom is 0.240 e. The van der Waals surface area contributed by atoms with Gasteiger partial charge in [-0.25, -0.2) is 17.5 Å². The van der Waals surface area contributed by atoms with Crippen LogP contribution in [0.3, 0.4) is 0 Å². The standard InChI is InChI=1S/C25H24FN3O3S/c1-27-33(31,32)20-6-4-5-17(15-20)16-28-24(30)14-13-22-21-7-2-3-8-23(21)29-25(22)18-9-11-19(26)12-10-18/h2-12,15,27,29H,13-14,16H2,1H3,(H,28,30). The molecule has 170 valence electrons. The quantitative estimate of drug-likeness (QED) is 0.365. The normalized spacial score (nSPS) is 11.6. The summed E-state index contributed by atoms with van der Waals surface area (Å²) in [5.41, 5.74) is 4.36. The molecule has 0 aliphatic carbocycles. The van der Waals surface area contributed by atoms with Gasteiger partial charge >= 0.3 is 0 Å². The second-order valence-corrected chi connectivity index (χ2v) is 9.55. The maximum absolute atomic E-state index is 13.4. The predicted molar refractivity (Wildman–Crippen MR) is 127 cm³/mol. The fourth-order valence-electron chi connectivity index (χ4n) is 3.79. The molecule has 0 radical (unpaired) electrons. The van der Waals surface area contributed by atoms with E-state index in [4.69, 9.17) is 0 Å². The summed E-state index contributed by atoms with van der Waals surface area (Å²) in [5.74, 6) is -0.449. The smallest absolute Gasteiger partial charge is 0.240 e. The molecule has 0 saturated carbocycles. The van der Waals surface area contributed by atoms with E-state index in [-0.39, 0.29) is 29.6 Å². The number of carbonyl (C=O) groups is 1. The average molecular weight is 466 g/mol. The molecule has 0 saturated heterocycles. The van der Waals surface area contributed by atoms with Crippen molar-refractivity contribution in [2.75, 3.05) is 7.05 Å². The number of hydrogen-bond acceptors (Lipinski definition) is 3. The number of carbonyl (C=O) groups excluding carboxylic acids is 1. The summed E-state index contributed by atoms with van der Waals surface area (Å²) in [6, 6.07) is 20.6. The van der Waals surface area contributed by atoms with E-state index in [1.165, 1.54) is 25.2 Å². The zero-order valence-electron chi connectivity index (χ0n) is 18.1. The number of aromatic nitrogens is 1. The minimum atomic E-state index is -3.54. The Morgan fingerprint density at radius 2 is 1.76 bits per heavy atom. The molecule has 0 bridgehead atoms. The molecular weight excluding hydrogens is 441 g/mol. The Labute approximate surface area is 191 Å². The highest BCUT2D eigenvalue weighted by atomic mass is 32.2. The van der Waals surface area contributed by atoms with E-state index < -0.39 is 10.0 Å². The van der Waals surface area contributed by atoms with E-state index in [9.17, 15) is 17.6 Å². The van der Waals surface area contributed by atoms with Crippen LogP contribution in [0.1, 0.15) is 17.5 Å². The second kappa shape index (κ2) is 9.56. The van der Waals surface area contributed by atoms with Gasteiger partial charge in [-0.2, -0.15) is 0 Å². The van der Waals surface area contributed by atoms with Crippen LogP contribution in [0.4, 0.5) is 4.39 Å². The zero-order chi connectivity index (χ0) is 23.4. The molecule has 4 rings (SSSR count). The first-order valence-corrected chi connectivity index (χ1v) is 12.0. The van der Waals surface area contributed by atoms with Crippen molar-refractivity contribution in [2.45, 2.75) is 24.3 Å². The molecule has 3 N–H and O–H groups in total. The Morgan fingerprint density at radius 1 is 1.00 bits per heavy atom. The number of benzene rings is 3. The highest BCUT2D eigenvalue weighted by Gasteiger charge is 2.15. The number of nitrogens with one attached hydrogen (secondary N) is 3. The first-order valence-electron chi connectivity index (χ1n) is 10.5. The molecule has 6 nitrogen and oxygen atoms in total. The van der Waals surface area contributed by atoms with E-state index in [1.807, 2.05) is 24.3 Å². The van der Waals surface area contributed by atoms with Crippen molar-refractivity contribution in [3.8, 4) is 11.3 Å². The Kier molecular flexibility index (Phi) is 6.57. The highest BCUT2D eigenvalue weighted by Crippen LogP contribution is 2.31. The van der Waals surface area contributed by atoms with Crippen molar-refractivity contribution in [2.24, 2.45) is 0 Å². The molecule has 3 aromatic carbocycles. The lowest BCUT2D eigenvalue weighted by atomic mass is 10.0. The van der Waals surface area contributed by atoms with E-state index in [0.717, 1.165) is 27.7 Å².